The maximum Gasteiger partial charge on any atom is 0.0992 e. The fraction of sp³-hybridized carbons (Fsp3) is 0.438. The second kappa shape index (κ2) is 5.07. The molecule has 0 atom stereocenters. The zero-order chi connectivity index (χ0) is 13.2. The van der Waals surface area contributed by atoms with E-state index >= 15 is 0 Å². The van der Waals surface area contributed by atoms with Crippen molar-refractivity contribution >= 4 is 10.9 Å². The first kappa shape index (κ1) is 12.3. The Balaban J connectivity index is 1.91. The van der Waals surface area contributed by atoms with Crippen molar-refractivity contribution in [2.24, 2.45) is 0 Å². The van der Waals surface area contributed by atoms with Gasteiger partial charge in [-0.2, -0.15) is 5.26 Å². The van der Waals surface area contributed by atoms with Crippen LogP contribution in [0.25, 0.3) is 10.9 Å². The first-order valence-electron chi connectivity index (χ1n) is 7.05. The molecule has 3 rings (SSSR count). The van der Waals surface area contributed by atoms with Crippen LogP contribution in [0.2, 0.25) is 0 Å². The Kier molecular flexibility index (Phi) is 3.27. The smallest absolute Gasteiger partial charge is 0.0992 e. The van der Waals surface area contributed by atoms with Gasteiger partial charge in [0.15, 0.2) is 0 Å². The predicted octanol–water partition coefficient (Wildman–Crippen LogP) is 3.17. The van der Waals surface area contributed by atoms with Crippen LogP contribution in [0.15, 0.2) is 30.5 Å². The predicted molar refractivity (Wildman–Crippen MR) is 77.0 cm³/mol. The molecule has 0 amide bonds. The molecule has 3 nitrogen and oxygen atoms in total. The zero-order valence-electron chi connectivity index (χ0n) is 11.3. The van der Waals surface area contributed by atoms with Crippen LogP contribution in [-0.2, 0) is 0 Å². The SMILES string of the molecule is CCN1CCC(n2ccc3ccc(C#N)cc32)CC1. The third-order valence-corrected chi connectivity index (χ3v) is 4.25. The number of rotatable bonds is 2. The Morgan fingerprint density at radius 2 is 2.05 bits per heavy atom. The number of benzene rings is 1. The third-order valence-electron chi connectivity index (χ3n) is 4.25. The van der Waals surface area contributed by atoms with Crippen molar-refractivity contribution in [3.05, 3.63) is 36.0 Å². The lowest BCUT2D eigenvalue weighted by Gasteiger charge is -2.32. The summed E-state index contributed by atoms with van der Waals surface area (Å²) in [7, 11) is 0. The quantitative estimate of drug-likeness (QED) is 0.823. The molecule has 0 unspecified atom stereocenters. The number of hydrogen-bond donors (Lipinski definition) is 0. The number of fused-ring (bicyclic) bond motifs is 1. The van der Waals surface area contributed by atoms with Crippen LogP contribution in [0.4, 0.5) is 0 Å². The van der Waals surface area contributed by atoms with Crippen LogP contribution >= 0.6 is 0 Å². The zero-order valence-corrected chi connectivity index (χ0v) is 11.3. The van der Waals surface area contributed by atoms with Gasteiger partial charge in [0.05, 0.1) is 11.6 Å². The van der Waals surface area contributed by atoms with Gasteiger partial charge in [0.1, 0.15) is 0 Å². The minimum Gasteiger partial charge on any atom is -0.344 e. The Morgan fingerprint density at radius 1 is 1.26 bits per heavy atom. The van der Waals surface area contributed by atoms with Gasteiger partial charge < -0.3 is 9.47 Å². The molecular formula is C16H19N3. The summed E-state index contributed by atoms with van der Waals surface area (Å²) in [6.07, 6.45) is 4.58. The third kappa shape index (κ3) is 2.24. The van der Waals surface area contributed by atoms with Crippen molar-refractivity contribution in [2.75, 3.05) is 19.6 Å². The van der Waals surface area contributed by atoms with Crippen LogP contribution in [0, 0.1) is 11.3 Å². The van der Waals surface area contributed by atoms with Gasteiger partial charge in [0.25, 0.3) is 0 Å². The van der Waals surface area contributed by atoms with Crippen LogP contribution in [0.3, 0.4) is 0 Å². The molecule has 0 saturated carbocycles. The molecule has 2 aromatic rings. The highest BCUT2D eigenvalue weighted by Gasteiger charge is 2.20. The fourth-order valence-electron chi connectivity index (χ4n) is 3.05. The first-order chi connectivity index (χ1) is 9.31. The summed E-state index contributed by atoms with van der Waals surface area (Å²) in [5.41, 5.74) is 1.95. The molecule has 2 heterocycles. The van der Waals surface area contributed by atoms with Gasteiger partial charge in [-0.1, -0.05) is 13.0 Å². The highest BCUT2D eigenvalue weighted by Crippen LogP contribution is 2.28. The molecule has 1 aromatic carbocycles. The van der Waals surface area contributed by atoms with E-state index in [-0.39, 0.29) is 0 Å². The molecule has 98 valence electrons. The van der Waals surface area contributed by atoms with Gasteiger partial charge in [0.2, 0.25) is 0 Å². The molecule has 0 N–H and O–H groups in total. The molecule has 0 spiro atoms. The second-order valence-electron chi connectivity index (χ2n) is 5.27. The van der Waals surface area contributed by atoms with E-state index in [4.69, 9.17) is 5.26 Å². The molecule has 0 aliphatic carbocycles. The molecule has 3 heteroatoms. The summed E-state index contributed by atoms with van der Waals surface area (Å²) >= 11 is 0. The van der Waals surface area contributed by atoms with Crippen molar-refractivity contribution in [3.63, 3.8) is 0 Å². The Hall–Kier alpha value is -1.79. The molecule has 1 aliphatic heterocycles. The monoisotopic (exact) mass is 253 g/mol. The summed E-state index contributed by atoms with van der Waals surface area (Å²) in [6.45, 7) is 5.74. The Labute approximate surface area is 114 Å². The lowest BCUT2D eigenvalue weighted by atomic mass is 10.0. The van der Waals surface area contributed by atoms with E-state index in [9.17, 15) is 0 Å². The van der Waals surface area contributed by atoms with Crippen molar-refractivity contribution < 1.29 is 0 Å². The number of nitriles is 1. The average molecular weight is 253 g/mol. The highest BCUT2D eigenvalue weighted by molar-refractivity contribution is 5.81. The summed E-state index contributed by atoms with van der Waals surface area (Å²) in [5, 5.41) is 10.3. The first-order valence-corrected chi connectivity index (χ1v) is 7.05. The lowest BCUT2D eigenvalue weighted by Crippen LogP contribution is -2.34. The summed E-state index contributed by atoms with van der Waals surface area (Å²) in [6, 6.07) is 10.9. The minimum absolute atomic E-state index is 0.578. The van der Waals surface area contributed by atoms with Crippen LogP contribution in [0.1, 0.15) is 31.4 Å². The molecule has 1 saturated heterocycles. The average Bonchev–Trinajstić information content (AvgIpc) is 2.90. The molecule has 1 aromatic heterocycles. The van der Waals surface area contributed by atoms with E-state index in [1.807, 2.05) is 18.2 Å². The van der Waals surface area contributed by atoms with E-state index in [0.29, 0.717) is 6.04 Å². The number of piperidine rings is 1. The summed E-state index contributed by atoms with van der Waals surface area (Å²) in [5.74, 6) is 0. The van der Waals surface area contributed by atoms with E-state index < -0.39 is 0 Å². The molecule has 1 fully saturated rings. The normalized spacial score (nSPS) is 17.7. The number of aromatic nitrogens is 1. The van der Waals surface area contributed by atoms with E-state index in [0.717, 1.165) is 12.1 Å². The van der Waals surface area contributed by atoms with E-state index in [1.54, 1.807) is 0 Å². The van der Waals surface area contributed by atoms with Crippen molar-refractivity contribution in [2.45, 2.75) is 25.8 Å². The number of hydrogen-bond acceptors (Lipinski definition) is 2. The van der Waals surface area contributed by atoms with Gasteiger partial charge in [-0.15, -0.1) is 0 Å². The topological polar surface area (TPSA) is 32.0 Å². The maximum absolute atomic E-state index is 9.04. The number of likely N-dealkylation sites (tertiary alicyclic amines) is 1. The molecular weight excluding hydrogens is 234 g/mol. The number of nitrogens with zero attached hydrogens (tertiary/aromatic N) is 3. The van der Waals surface area contributed by atoms with Crippen LogP contribution in [0.5, 0.6) is 0 Å². The van der Waals surface area contributed by atoms with E-state index in [2.05, 4.69) is 34.7 Å². The van der Waals surface area contributed by atoms with Crippen molar-refractivity contribution in [1.82, 2.24) is 9.47 Å². The Morgan fingerprint density at radius 3 is 2.74 bits per heavy atom. The molecule has 0 radical (unpaired) electrons. The molecule has 19 heavy (non-hydrogen) atoms. The molecule has 1 aliphatic rings. The fourth-order valence-corrected chi connectivity index (χ4v) is 3.05. The largest absolute Gasteiger partial charge is 0.344 e. The van der Waals surface area contributed by atoms with Gasteiger partial charge in [-0.05, 0) is 43.0 Å². The standard InChI is InChI=1S/C16H19N3/c1-2-18-8-6-15(7-9-18)19-10-5-14-4-3-13(12-17)11-16(14)19/h3-5,10-11,15H,2,6-9H2,1H3. The van der Waals surface area contributed by atoms with Crippen molar-refractivity contribution in [3.8, 4) is 6.07 Å². The maximum atomic E-state index is 9.04. The van der Waals surface area contributed by atoms with Crippen LogP contribution < -0.4 is 0 Å². The van der Waals surface area contributed by atoms with Gasteiger partial charge in [-0.3, -0.25) is 0 Å². The molecule has 0 bridgehead atoms. The summed E-state index contributed by atoms with van der Waals surface area (Å²) < 4.78 is 2.36. The van der Waals surface area contributed by atoms with E-state index in [1.165, 1.54) is 36.8 Å². The van der Waals surface area contributed by atoms with Crippen LogP contribution in [-0.4, -0.2) is 29.1 Å². The van der Waals surface area contributed by atoms with Crippen molar-refractivity contribution in [1.29, 1.82) is 5.26 Å². The van der Waals surface area contributed by atoms with Gasteiger partial charge >= 0.3 is 0 Å². The highest BCUT2D eigenvalue weighted by atomic mass is 15.1. The lowest BCUT2D eigenvalue weighted by molar-refractivity contribution is 0.197. The second-order valence-corrected chi connectivity index (χ2v) is 5.27. The Bertz CT molecular complexity index is 612. The summed E-state index contributed by atoms with van der Waals surface area (Å²) in [4.78, 5) is 2.50. The van der Waals surface area contributed by atoms with Gasteiger partial charge in [0, 0.05) is 30.8 Å². The van der Waals surface area contributed by atoms with Gasteiger partial charge in [-0.25, -0.2) is 0 Å². The minimum atomic E-state index is 0.578.